The van der Waals surface area contributed by atoms with E-state index in [2.05, 4.69) is 6.92 Å². The first kappa shape index (κ1) is 12.7. The molecule has 0 amide bonds. The molecule has 0 aromatic carbocycles. The zero-order chi connectivity index (χ0) is 11.1. The van der Waals surface area contributed by atoms with Crippen molar-refractivity contribution in [3.63, 3.8) is 0 Å². The van der Waals surface area contributed by atoms with Gasteiger partial charge in [-0.05, 0) is 19.3 Å². The third-order valence-corrected chi connectivity index (χ3v) is 3.54. The highest BCUT2D eigenvalue weighted by Crippen LogP contribution is 2.31. The lowest BCUT2D eigenvalue weighted by Crippen LogP contribution is -2.41. The third-order valence-electron chi connectivity index (χ3n) is 3.54. The summed E-state index contributed by atoms with van der Waals surface area (Å²) < 4.78 is 5.58. The zero-order valence-corrected chi connectivity index (χ0v) is 10.2. The zero-order valence-electron chi connectivity index (χ0n) is 10.2. The first-order valence-electron chi connectivity index (χ1n) is 6.33. The summed E-state index contributed by atoms with van der Waals surface area (Å²) in [5.74, 6) is 0.328. The van der Waals surface area contributed by atoms with Crippen LogP contribution < -0.4 is 0 Å². The van der Waals surface area contributed by atoms with Crippen molar-refractivity contribution in [2.45, 2.75) is 70.3 Å². The molecule has 1 saturated carbocycles. The minimum absolute atomic E-state index is 0.328. The molecule has 88 valence electrons. The Morgan fingerprint density at radius 3 is 2.13 bits per heavy atom. The van der Waals surface area contributed by atoms with E-state index in [4.69, 9.17) is 4.74 Å². The second-order valence-corrected chi connectivity index (χ2v) is 4.64. The van der Waals surface area contributed by atoms with Crippen LogP contribution in [0.15, 0.2) is 0 Å². The lowest BCUT2D eigenvalue weighted by Gasteiger charge is -2.32. The van der Waals surface area contributed by atoms with E-state index in [1.807, 2.05) is 0 Å². The Labute approximate surface area is 93.4 Å². The van der Waals surface area contributed by atoms with Gasteiger partial charge < -0.3 is 4.74 Å². The summed E-state index contributed by atoms with van der Waals surface area (Å²) in [6.07, 6.45) is 9.59. The summed E-state index contributed by atoms with van der Waals surface area (Å²) in [5.41, 5.74) is -0.434. The molecule has 1 aliphatic carbocycles. The van der Waals surface area contributed by atoms with Crippen molar-refractivity contribution >= 4 is 5.78 Å². The number of hydrogen-bond acceptors (Lipinski definition) is 2. The van der Waals surface area contributed by atoms with Crippen LogP contribution in [0.5, 0.6) is 0 Å². The van der Waals surface area contributed by atoms with Gasteiger partial charge in [0.05, 0.1) is 0 Å². The summed E-state index contributed by atoms with van der Waals surface area (Å²) in [4.78, 5) is 12.1. The van der Waals surface area contributed by atoms with Crippen LogP contribution in [-0.2, 0) is 9.53 Å². The Kier molecular flexibility index (Phi) is 5.30. The summed E-state index contributed by atoms with van der Waals surface area (Å²) in [7, 11) is 1.70. The van der Waals surface area contributed by atoms with E-state index in [1.165, 1.54) is 19.3 Å². The van der Waals surface area contributed by atoms with Crippen LogP contribution in [0.3, 0.4) is 0 Å². The summed E-state index contributed by atoms with van der Waals surface area (Å²) in [6, 6.07) is 0. The molecule has 2 heteroatoms. The number of carbonyl (C=O) groups is 1. The SMILES string of the molecule is CCCC(=O)C1(OC)CCCCCCC1. The fraction of sp³-hybridized carbons (Fsp3) is 0.923. The van der Waals surface area contributed by atoms with Crippen LogP contribution in [0.1, 0.15) is 64.7 Å². The van der Waals surface area contributed by atoms with Gasteiger partial charge in [-0.1, -0.05) is 39.0 Å². The van der Waals surface area contributed by atoms with E-state index >= 15 is 0 Å². The smallest absolute Gasteiger partial charge is 0.164 e. The monoisotopic (exact) mass is 212 g/mol. The average Bonchev–Trinajstić information content (AvgIpc) is 2.18. The molecule has 0 aromatic heterocycles. The normalized spacial score (nSPS) is 21.7. The summed E-state index contributed by atoms with van der Waals surface area (Å²) in [5, 5.41) is 0. The highest BCUT2D eigenvalue weighted by molar-refractivity contribution is 5.87. The first-order chi connectivity index (χ1) is 7.25. The quantitative estimate of drug-likeness (QED) is 0.713. The first-order valence-corrected chi connectivity index (χ1v) is 6.33. The standard InChI is InChI=1S/C13H24O2/c1-3-9-12(14)13(15-2)10-7-5-4-6-8-11-13/h3-11H2,1-2H3. The maximum atomic E-state index is 12.1. The van der Waals surface area contributed by atoms with E-state index in [9.17, 15) is 4.79 Å². The fourth-order valence-electron chi connectivity index (χ4n) is 2.53. The number of carbonyl (C=O) groups excluding carboxylic acids is 1. The van der Waals surface area contributed by atoms with Gasteiger partial charge in [-0.3, -0.25) is 4.79 Å². The Morgan fingerprint density at radius 2 is 1.67 bits per heavy atom. The maximum absolute atomic E-state index is 12.1. The third kappa shape index (κ3) is 3.30. The highest BCUT2D eigenvalue weighted by Gasteiger charge is 2.36. The predicted molar refractivity (Wildman–Crippen MR) is 62.0 cm³/mol. The highest BCUT2D eigenvalue weighted by atomic mass is 16.5. The predicted octanol–water partition coefficient (Wildman–Crippen LogP) is 3.49. The number of hydrogen-bond donors (Lipinski definition) is 0. The lowest BCUT2D eigenvalue weighted by molar-refractivity contribution is -0.143. The molecular weight excluding hydrogens is 188 g/mol. The van der Waals surface area contributed by atoms with Gasteiger partial charge in [0.25, 0.3) is 0 Å². The topological polar surface area (TPSA) is 26.3 Å². The molecule has 0 atom stereocenters. The van der Waals surface area contributed by atoms with E-state index in [0.717, 1.165) is 32.1 Å². The molecule has 2 nitrogen and oxygen atoms in total. The van der Waals surface area contributed by atoms with Gasteiger partial charge in [0.15, 0.2) is 5.78 Å². The van der Waals surface area contributed by atoms with Gasteiger partial charge in [0.1, 0.15) is 5.60 Å². The van der Waals surface area contributed by atoms with E-state index in [1.54, 1.807) is 7.11 Å². The number of ketones is 1. The van der Waals surface area contributed by atoms with E-state index in [0.29, 0.717) is 12.2 Å². The van der Waals surface area contributed by atoms with Crippen LogP contribution in [-0.4, -0.2) is 18.5 Å². The lowest BCUT2D eigenvalue weighted by atomic mass is 9.82. The van der Waals surface area contributed by atoms with Crippen molar-refractivity contribution in [2.75, 3.05) is 7.11 Å². The molecule has 1 aliphatic rings. The largest absolute Gasteiger partial charge is 0.370 e. The number of rotatable bonds is 4. The molecule has 0 aliphatic heterocycles. The summed E-state index contributed by atoms with van der Waals surface area (Å²) >= 11 is 0. The Morgan fingerprint density at radius 1 is 1.13 bits per heavy atom. The Bertz CT molecular complexity index is 191. The van der Waals surface area contributed by atoms with Gasteiger partial charge in [-0.25, -0.2) is 0 Å². The molecule has 0 aromatic rings. The average molecular weight is 212 g/mol. The molecule has 1 fully saturated rings. The Hall–Kier alpha value is -0.370. The molecular formula is C13H24O2. The molecule has 0 spiro atoms. The molecule has 0 saturated heterocycles. The molecule has 15 heavy (non-hydrogen) atoms. The number of methoxy groups -OCH3 is 1. The fourth-order valence-corrected chi connectivity index (χ4v) is 2.53. The Balaban J connectivity index is 2.65. The molecule has 0 unspecified atom stereocenters. The maximum Gasteiger partial charge on any atom is 0.164 e. The number of ether oxygens (including phenoxy) is 1. The van der Waals surface area contributed by atoms with Crippen molar-refractivity contribution in [1.82, 2.24) is 0 Å². The van der Waals surface area contributed by atoms with Crippen molar-refractivity contribution in [3.05, 3.63) is 0 Å². The van der Waals surface area contributed by atoms with Crippen LogP contribution in [0.4, 0.5) is 0 Å². The number of Topliss-reactive ketones (excluding diaryl/α,β-unsaturated/α-hetero) is 1. The molecule has 0 bridgehead atoms. The molecule has 0 radical (unpaired) electrons. The molecule has 1 rings (SSSR count). The van der Waals surface area contributed by atoms with Crippen molar-refractivity contribution in [3.8, 4) is 0 Å². The van der Waals surface area contributed by atoms with Gasteiger partial charge in [-0.15, -0.1) is 0 Å². The van der Waals surface area contributed by atoms with Crippen LogP contribution in [0.25, 0.3) is 0 Å². The van der Waals surface area contributed by atoms with Gasteiger partial charge in [0, 0.05) is 13.5 Å². The second-order valence-electron chi connectivity index (χ2n) is 4.64. The van der Waals surface area contributed by atoms with Gasteiger partial charge in [-0.2, -0.15) is 0 Å². The van der Waals surface area contributed by atoms with Crippen LogP contribution >= 0.6 is 0 Å². The van der Waals surface area contributed by atoms with E-state index < -0.39 is 5.60 Å². The van der Waals surface area contributed by atoms with E-state index in [-0.39, 0.29) is 0 Å². The van der Waals surface area contributed by atoms with Crippen molar-refractivity contribution in [1.29, 1.82) is 0 Å². The van der Waals surface area contributed by atoms with Gasteiger partial charge >= 0.3 is 0 Å². The van der Waals surface area contributed by atoms with Crippen molar-refractivity contribution < 1.29 is 9.53 Å². The minimum atomic E-state index is -0.434. The second kappa shape index (κ2) is 6.26. The minimum Gasteiger partial charge on any atom is -0.370 e. The van der Waals surface area contributed by atoms with Gasteiger partial charge in [0.2, 0.25) is 0 Å². The summed E-state index contributed by atoms with van der Waals surface area (Å²) in [6.45, 7) is 2.06. The molecule has 0 N–H and O–H groups in total. The van der Waals surface area contributed by atoms with Crippen LogP contribution in [0, 0.1) is 0 Å². The van der Waals surface area contributed by atoms with Crippen LogP contribution in [0.2, 0.25) is 0 Å². The van der Waals surface area contributed by atoms with Crippen molar-refractivity contribution in [2.24, 2.45) is 0 Å². The molecule has 0 heterocycles.